The smallest absolute Gasteiger partial charge is 0.308 e. The Morgan fingerprint density at radius 1 is 1.02 bits per heavy atom. The number of carbonyl (C=O) groups excluding carboxylic acids is 2. The number of ether oxygens (including phenoxy) is 4. The van der Waals surface area contributed by atoms with Crippen LogP contribution in [-0.4, -0.2) is 65.2 Å². The molecule has 6 fully saturated rings. The Labute approximate surface area is 235 Å². The molecule has 226 valence electrons. The third-order valence-electron chi connectivity index (χ3n) is 9.95. The molecule has 0 aromatic carbocycles. The van der Waals surface area contributed by atoms with Crippen molar-refractivity contribution in [1.29, 1.82) is 0 Å². The number of amides is 1. The van der Waals surface area contributed by atoms with Crippen molar-refractivity contribution < 1.29 is 48.2 Å². The van der Waals surface area contributed by atoms with Crippen LogP contribution in [0.2, 0.25) is 0 Å². The van der Waals surface area contributed by atoms with E-state index in [1.807, 2.05) is 27.7 Å². The average molecular weight is 568 g/mol. The lowest BCUT2D eigenvalue weighted by Crippen LogP contribution is -2.70. The summed E-state index contributed by atoms with van der Waals surface area (Å²) in [6.07, 6.45) is 2.85. The van der Waals surface area contributed by atoms with Gasteiger partial charge in [0.05, 0.1) is 18.4 Å². The maximum Gasteiger partial charge on any atom is 0.308 e. The van der Waals surface area contributed by atoms with Crippen LogP contribution in [0.1, 0.15) is 92.4 Å². The topological polar surface area (TPSA) is 139 Å². The van der Waals surface area contributed by atoms with Crippen LogP contribution in [0.25, 0.3) is 0 Å². The number of fused-ring (bicyclic) bond motifs is 2. The zero-order valence-electron chi connectivity index (χ0n) is 24.3. The second kappa shape index (κ2) is 11.1. The van der Waals surface area contributed by atoms with Gasteiger partial charge >= 0.3 is 11.9 Å². The second-order valence-corrected chi connectivity index (χ2v) is 13.4. The quantitative estimate of drug-likeness (QED) is 0.330. The predicted molar refractivity (Wildman–Crippen MR) is 139 cm³/mol. The van der Waals surface area contributed by atoms with Gasteiger partial charge in [-0.2, -0.15) is 0 Å². The molecule has 11 heteroatoms. The first-order valence-electron chi connectivity index (χ1n) is 14.9. The Morgan fingerprint density at radius 2 is 1.80 bits per heavy atom. The fourth-order valence-electron chi connectivity index (χ4n) is 7.84. The van der Waals surface area contributed by atoms with Gasteiger partial charge in [0.2, 0.25) is 18.0 Å². The van der Waals surface area contributed by atoms with E-state index in [2.05, 4.69) is 12.2 Å². The molecule has 1 amide bonds. The van der Waals surface area contributed by atoms with Crippen LogP contribution in [0.4, 0.5) is 0 Å². The van der Waals surface area contributed by atoms with Gasteiger partial charge in [0, 0.05) is 37.3 Å². The molecule has 6 aliphatic rings. The molecule has 10 atom stereocenters. The molecule has 0 aromatic heterocycles. The SMILES string of the molecule is C[C@H]1[C@H](OC(=O)CCC(=O)N[C@H](CC(=O)O)[C@H]2CCOC(C)(C)C2)O[C@@H]2O[C@]3(C)CC[C@H]4[C@H](C)CC[C@@H]1[C@@]24OO3. The minimum Gasteiger partial charge on any atom is -0.481 e. The lowest BCUT2D eigenvalue weighted by Gasteiger charge is -2.59. The normalized spacial score (nSPS) is 42.7. The van der Waals surface area contributed by atoms with Gasteiger partial charge in [-0.1, -0.05) is 13.8 Å². The lowest BCUT2D eigenvalue weighted by atomic mass is 9.58. The molecule has 1 saturated carbocycles. The van der Waals surface area contributed by atoms with Crippen molar-refractivity contribution in [2.75, 3.05) is 6.61 Å². The standard InChI is InChI=1S/C29H45NO10/c1-16-6-7-20-17(2)25(37-26-29(20)19(16)10-12-28(5,38-26)39-40-29)36-24(34)9-8-22(31)30-21(14-23(32)33)18-11-13-35-27(3,4)15-18/h16-21,25-26H,6-15H2,1-5H3,(H,30,31)(H,32,33)/t16-,17-,18+,19+,20+,21-,25-,26-,28+,29-/m1/s1. The zero-order chi connectivity index (χ0) is 28.9. The zero-order valence-corrected chi connectivity index (χ0v) is 24.3. The van der Waals surface area contributed by atoms with Gasteiger partial charge in [-0.05, 0) is 70.6 Å². The summed E-state index contributed by atoms with van der Waals surface area (Å²) >= 11 is 0. The molecule has 6 rings (SSSR count). The molecule has 5 heterocycles. The van der Waals surface area contributed by atoms with Crippen LogP contribution in [0, 0.1) is 29.6 Å². The molecule has 2 bridgehead atoms. The summed E-state index contributed by atoms with van der Waals surface area (Å²) < 4.78 is 24.1. The molecule has 40 heavy (non-hydrogen) atoms. The van der Waals surface area contributed by atoms with Gasteiger partial charge in [-0.25, -0.2) is 9.78 Å². The summed E-state index contributed by atoms with van der Waals surface area (Å²) in [7, 11) is 0. The molecular weight excluding hydrogens is 522 g/mol. The Morgan fingerprint density at radius 3 is 2.52 bits per heavy atom. The van der Waals surface area contributed by atoms with E-state index < -0.39 is 41.9 Å². The molecule has 2 N–H and O–H groups in total. The second-order valence-electron chi connectivity index (χ2n) is 13.4. The van der Waals surface area contributed by atoms with E-state index in [1.54, 1.807) is 0 Å². The van der Waals surface area contributed by atoms with Gasteiger partial charge in [-0.15, -0.1) is 0 Å². The Kier molecular flexibility index (Phi) is 8.26. The summed E-state index contributed by atoms with van der Waals surface area (Å²) in [6.45, 7) is 10.5. The molecule has 11 nitrogen and oxygen atoms in total. The molecule has 1 aliphatic carbocycles. The van der Waals surface area contributed by atoms with Crippen LogP contribution >= 0.6 is 0 Å². The Bertz CT molecular complexity index is 988. The molecule has 5 aliphatic heterocycles. The number of hydrogen-bond donors (Lipinski definition) is 2. The maximum absolute atomic E-state index is 12.9. The average Bonchev–Trinajstić information content (AvgIpc) is 3.10. The first kappa shape index (κ1) is 29.7. The van der Waals surface area contributed by atoms with Crippen molar-refractivity contribution in [3.05, 3.63) is 0 Å². The van der Waals surface area contributed by atoms with Gasteiger partial charge in [0.15, 0.2) is 11.9 Å². The summed E-state index contributed by atoms with van der Waals surface area (Å²) in [5.74, 6) is -2.34. The van der Waals surface area contributed by atoms with E-state index in [1.165, 1.54) is 0 Å². The van der Waals surface area contributed by atoms with Crippen LogP contribution in [0.3, 0.4) is 0 Å². The van der Waals surface area contributed by atoms with E-state index >= 15 is 0 Å². The highest BCUT2D eigenvalue weighted by atomic mass is 17.3. The summed E-state index contributed by atoms with van der Waals surface area (Å²) in [5.41, 5.74) is -1.12. The fourth-order valence-corrected chi connectivity index (χ4v) is 7.84. The van der Waals surface area contributed by atoms with E-state index in [4.69, 9.17) is 28.7 Å². The number of aliphatic carboxylic acids is 1. The third-order valence-corrected chi connectivity index (χ3v) is 9.95. The number of hydrogen-bond acceptors (Lipinski definition) is 9. The van der Waals surface area contributed by atoms with Crippen molar-refractivity contribution in [1.82, 2.24) is 5.32 Å². The number of carbonyl (C=O) groups is 3. The molecule has 1 spiro atoms. The highest BCUT2D eigenvalue weighted by Crippen LogP contribution is 2.60. The van der Waals surface area contributed by atoms with Crippen LogP contribution in [-0.2, 0) is 43.1 Å². The maximum atomic E-state index is 12.9. The molecule has 5 saturated heterocycles. The number of carboxylic acid groups (broad SMARTS) is 1. The number of carboxylic acids is 1. The van der Waals surface area contributed by atoms with Crippen molar-refractivity contribution >= 4 is 17.8 Å². The lowest BCUT2D eigenvalue weighted by molar-refractivity contribution is -0.576. The first-order chi connectivity index (χ1) is 18.8. The predicted octanol–water partition coefficient (Wildman–Crippen LogP) is 3.68. The van der Waals surface area contributed by atoms with Crippen molar-refractivity contribution in [2.24, 2.45) is 29.6 Å². The van der Waals surface area contributed by atoms with E-state index in [9.17, 15) is 19.5 Å². The number of esters is 1. The van der Waals surface area contributed by atoms with Gasteiger partial charge in [-0.3, -0.25) is 14.4 Å². The van der Waals surface area contributed by atoms with Crippen molar-refractivity contribution in [2.45, 2.75) is 128 Å². The van der Waals surface area contributed by atoms with Gasteiger partial charge < -0.3 is 29.4 Å². The van der Waals surface area contributed by atoms with Crippen LogP contribution in [0.5, 0.6) is 0 Å². The Balaban J connectivity index is 1.19. The molecule has 0 aromatic rings. The van der Waals surface area contributed by atoms with Crippen LogP contribution in [0.15, 0.2) is 0 Å². The minimum absolute atomic E-state index is 0.0236. The van der Waals surface area contributed by atoms with Crippen LogP contribution < -0.4 is 5.32 Å². The fraction of sp³-hybridized carbons (Fsp3) is 0.897. The molecule has 0 radical (unpaired) electrons. The third kappa shape index (κ3) is 5.77. The minimum atomic E-state index is -0.979. The summed E-state index contributed by atoms with van der Waals surface area (Å²) in [6, 6.07) is -0.532. The first-order valence-corrected chi connectivity index (χ1v) is 14.9. The highest BCUT2D eigenvalue weighted by molar-refractivity contribution is 5.82. The van der Waals surface area contributed by atoms with E-state index in [0.29, 0.717) is 31.8 Å². The summed E-state index contributed by atoms with van der Waals surface area (Å²) in [5, 5.41) is 12.3. The van der Waals surface area contributed by atoms with Crippen molar-refractivity contribution in [3.63, 3.8) is 0 Å². The Hall–Kier alpha value is -1.79. The summed E-state index contributed by atoms with van der Waals surface area (Å²) in [4.78, 5) is 49.1. The van der Waals surface area contributed by atoms with Crippen molar-refractivity contribution in [3.8, 4) is 0 Å². The van der Waals surface area contributed by atoms with E-state index in [0.717, 1.165) is 19.3 Å². The molecular formula is C29H45NO10. The number of nitrogens with one attached hydrogen (secondary N) is 1. The van der Waals surface area contributed by atoms with E-state index in [-0.39, 0.29) is 54.4 Å². The largest absolute Gasteiger partial charge is 0.481 e. The number of rotatable bonds is 8. The van der Waals surface area contributed by atoms with Gasteiger partial charge in [0.25, 0.3) is 0 Å². The molecule has 0 unspecified atom stereocenters. The van der Waals surface area contributed by atoms with Gasteiger partial charge in [0.1, 0.15) is 0 Å². The highest BCUT2D eigenvalue weighted by Gasteiger charge is 2.69. The monoisotopic (exact) mass is 567 g/mol.